The summed E-state index contributed by atoms with van der Waals surface area (Å²) in [5, 5.41) is 2.86. The maximum Gasteiger partial charge on any atom is 0.337 e. The number of fused-ring (bicyclic) bond motifs is 1. The minimum atomic E-state index is -0.421. The first kappa shape index (κ1) is 14.2. The molecule has 23 heavy (non-hydrogen) atoms. The van der Waals surface area contributed by atoms with Crippen LogP contribution in [0.2, 0.25) is 0 Å². The number of esters is 2. The van der Waals surface area contributed by atoms with E-state index in [2.05, 4.69) is 10.1 Å². The van der Waals surface area contributed by atoms with E-state index < -0.39 is 5.97 Å². The van der Waals surface area contributed by atoms with Crippen molar-refractivity contribution in [2.45, 2.75) is 18.9 Å². The molecular formula is C17H17NO5. The van der Waals surface area contributed by atoms with Crippen molar-refractivity contribution in [2.75, 3.05) is 12.4 Å². The van der Waals surface area contributed by atoms with Crippen LogP contribution in [0.1, 0.15) is 23.2 Å². The van der Waals surface area contributed by atoms with Crippen LogP contribution in [0.4, 0.5) is 5.69 Å². The molecule has 120 valence electrons. The molecule has 2 aliphatic carbocycles. The standard InChI is InChI=1S/C17H17NO5/c1-22-16(20)8-2-4-10(5-3-8)18-15(19)13-9-6-11-12(7-9)23-17(21)14(11)13/h2-5,9,11-14H,6-7H2,1H3,(H,18,19)/t9-,11-,12-,13-,14+/m1/s1. The average Bonchev–Trinajstić information content (AvgIpc) is 3.16. The van der Waals surface area contributed by atoms with E-state index in [1.165, 1.54) is 7.11 Å². The van der Waals surface area contributed by atoms with Crippen LogP contribution in [-0.2, 0) is 19.1 Å². The van der Waals surface area contributed by atoms with Gasteiger partial charge in [-0.05, 0) is 43.0 Å². The van der Waals surface area contributed by atoms with Crippen molar-refractivity contribution >= 4 is 23.5 Å². The third-order valence-corrected chi connectivity index (χ3v) is 5.36. The molecule has 4 rings (SSSR count). The Morgan fingerprint density at radius 1 is 1.22 bits per heavy atom. The lowest BCUT2D eigenvalue weighted by molar-refractivity contribution is -0.145. The Hall–Kier alpha value is -2.37. The quantitative estimate of drug-likeness (QED) is 0.857. The van der Waals surface area contributed by atoms with Crippen molar-refractivity contribution in [2.24, 2.45) is 23.7 Å². The third-order valence-electron chi connectivity index (χ3n) is 5.36. The number of hydrogen-bond acceptors (Lipinski definition) is 5. The summed E-state index contributed by atoms with van der Waals surface area (Å²) >= 11 is 0. The molecule has 0 radical (unpaired) electrons. The molecule has 5 atom stereocenters. The highest BCUT2D eigenvalue weighted by molar-refractivity contribution is 5.97. The second kappa shape index (κ2) is 5.08. The van der Waals surface area contributed by atoms with Gasteiger partial charge in [0.2, 0.25) is 5.91 Å². The van der Waals surface area contributed by atoms with E-state index in [9.17, 15) is 14.4 Å². The van der Waals surface area contributed by atoms with Crippen molar-refractivity contribution < 1.29 is 23.9 Å². The summed E-state index contributed by atoms with van der Waals surface area (Å²) in [4.78, 5) is 36.0. The number of carbonyl (C=O) groups is 3. The molecule has 0 aromatic heterocycles. The molecule has 1 N–H and O–H groups in total. The number of carbonyl (C=O) groups excluding carboxylic acids is 3. The van der Waals surface area contributed by atoms with Crippen LogP contribution in [0.5, 0.6) is 0 Å². The Morgan fingerprint density at radius 3 is 2.65 bits per heavy atom. The van der Waals surface area contributed by atoms with Crippen LogP contribution in [0.3, 0.4) is 0 Å². The van der Waals surface area contributed by atoms with Gasteiger partial charge in [0.05, 0.1) is 24.5 Å². The van der Waals surface area contributed by atoms with E-state index in [4.69, 9.17) is 4.74 Å². The number of methoxy groups -OCH3 is 1. The molecule has 0 spiro atoms. The van der Waals surface area contributed by atoms with Gasteiger partial charge in [0, 0.05) is 11.6 Å². The topological polar surface area (TPSA) is 81.7 Å². The highest BCUT2D eigenvalue weighted by Crippen LogP contribution is 2.57. The Morgan fingerprint density at radius 2 is 1.96 bits per heavy atom. The second-order valence-corrected chi connectivity index (χ2v) is 6.48. The average molecular weight is 315 g/mol. The molecule has 1 saturated heterocycles. The molecule has 1 aliphatic heterocycles. The number of anilines is 1. The molecule has 6 heteroatoms. The molecule has 0 unspecified atom stereocenters. The largest absolute Gasteiger partial charge is 0.465 e. The SMILES string of the molecule is COC(=O)c1ccc(NC(=O)[C@@H]2[C@@H]3C[C@H]4[C@@H]2C(=O)O[C@@H]4C3)cc1. The first-order valence-electron chi connectivity index (χ1n) is 7.78. The van der Waals surface area contributed by atoms with Gasteiger partial charge in [-0.3, -0.25) is 9.59 Å². The lowest BCUT2D eigenvalue weighted by Crippen LogP contribution is -2.35. The van der Waals surface area contributed by atoms with Crippen LogP contribution in [0.15, 0.2) is 24.3 Å². The fourth-order valence-electron chi connectivity index (χ4n) is 4.40. The monoisotopic (exact) mass is 315 g/mol. The number of benzene rings is 1. The summed E-state index contributed by atoms with van der Waals surface area (Å²) in [6.07, 6.45) is 1.73. The van der Waals surface area contributed by atoms with Crippen LogP contribution in [0, 0.1) is 23.7 Å². The lowest BCUT2D eigenvalue weighted by Gasteiger charge is -2.23. The fraction of sp³-hybridized carbons (Fsp3) is 0.471. The van der Waals surface area contributed by atoms with Gasteiger partial charge in [-0.15, -0.1) is 0 Å². The van der Waals surface area contributed by atoms with Gasteiger partial charge in [-0.1, -0.05) is 0 Å². The Balaban J connectivity index is 1.48. The summed E-state index contributed by atoms with van der Waals surface area (Å²) in [7, 11) is 1.32. The first-order valence-corrected chi connectivity index (χ1v) is 7.78. The lowest BCUT2D eigenvalue weighted by atomic mass is 9.79. The molecule has 3 aliphatic rings. The van der Waals surface area contributed by atoms with Gasteiger partial charge in [0.1, 0.15) is 6.10 Å². The Kier molecular flexibility index (Phi) is 3.14. The van der Waals surface area contributed by atoms with E-state index >= 15 is 0 Å². The Labute approximate surface area is 133 Å². The Bertz CT molecular complexity index is 681. The van der Waals surface area contributed by atoms with Crippen molar-refractivity contribution in [1.82, 2.24) is 0 Å². The van der Waals surface area contributed by atoms with Crippen LogP contribution in [-0.4, -0.2) is 31.1 Å². The zero-order valence-corrected chi connectivity index (χ0v) is 12.7. The van der Waals surface area contributed by atoms with Crippen LogP contribution in [0.25, 0.3) is 0 Å². The van der Waals surface area contributed by atoms with Crippen molar-refractivity contribution in [3.8, 4) is 0 Å². The maximum absolute atomic E-state index is 12.6. The fourth-order valence-corrected chi connectivity index (χ4v) is 4.40. The molecule has 3 fully saturated rings. The first-order chi connectivity index (χ1) is 11.1. The summed E-state index contributed by atoms with van der Waals surface area (Å²) in [6.45, 7) is 0. The van der Waals surface area contributed by atoms with Gasteiger partial charge in [0.25, 0.3) is 0 Å². The van der Waals surface area contributed by atoms with E-state index in [-0.39, 0.29) is 41.7 Å². The van der Waals surface area contributed by atoms with Gasteiger partial charge >= 0.3 is 11.9 Å². The molecule has 2 saturated carbocycles. The number of hydrogen-bond donors (Lipinski definition) is 1. The molecule has 1 heterocycles. The molecule has 1 aromatic carbocycles. The van der Waals surface area contributed by atoms with Gasteiger partial charge in [0.15, 0.2) is 0 Å². The van der Waals surface area contributed by atoms with Gasteiger partial charge < -0.3 is 14.8 Å². The van der Waals surface area contributed by atoms with Crippen molar-refractivity contribution in [3.05, 3.63) is 29.8 Å². The molecule has 2 bridgehead atoms. The van der Waals surface area contributed by atoms with Crippen LogP contribution >= 0.6 is 0 Å². The summed E-state index contributed by atoms with van der Waals surface area (Å²) < 4.78 is 9.99. The summed E-state index contributed by atoms with van der Waals surface area (Å²) in [6, 6.07) is 6.52. The highest BCUT2D eigenvalue weighted by Gasteiger charge is 2.63. The van der Waals surface area contributed by atoms with E-state index in [1.807, 2.05) is 0 Å². The minimum Gasteiger partial charge on any atom is -0.465 e. The molecule has 1 aromatic rings. The zero-order chi connectivity index (χ0) is 16.1. The van der Waals surface area contributed by atoms with Crippen molar-refractivity contribution in [3.63, 3.8) is 0 Å². The summed E-state index contributed by atoms with van der Waals surface area (Å²) in [5.74, 6) is -0.914. The number of amides is 1. The number of rotatable bonds is 3. The second-order valence-electron chi connectivity index (χ2n) is 6.48. The third kappa shape index (κ3) is 2.12. The molecule has 6 nitrogen and oxygen atoms in total. The normalized spacial score (nSPS) is 33.4. The van der Waals surface area contributed by atoms with Gasteiger partial charge in [-0.25, -0.2) is 4.79 Å². The predicted octanol–water partition coefficient (Wildman–Crippen LogP) is 1.61. The van der Waals surface area contributed by atoms with Gasteiger partial charge in [-0.2, -0.15) is 0 Å². The number of ether oxygens (including phenoxy) is 2. The molecular weight excluding hydrogens is 298 g/mol. The number of nitrogens with one attached hydrogen (secondary N) is 1. The molecule has 1 amide bonds. The van der Waals surface area contributed by atoms with E-state index in [1.54, 1.807) is 24.3 Å². The minimum absolute atomic E-state index is 0.0286. The summed E-state index contributed by atoms with van der Waals surface area (Å²) in [5.41, 5.74) is 1.03. The zero-order valence-electron chi connectivity index (χ0n) is 12.7. The maximum atomic E-state index is 12.6. The highest BCUT2D eigenvalue weighted by atomic mass is 16.6. The van der Waals surface area contributed by atoms with E-state index in [0.29, 0.717) is 11.3 Å². The van der Waals surface area contributed by atoms with E-state index in [0.717, 1.165) is 12.8 Å². The smallest absolute Gasteiger partial charge is 0.337 e. The van der Waals surface area contributed by atoms with Crippen LogP contribution < -0.4 is 5.32 Å². The predicted molar refractivity (Wildman–Crippen MR) is 79.5 cm³/mol. The van der Waals surface area contributed by atoms with Crippen molar-refractivity contribution in [1.29, 1.82) is 0 Å².